The number of nitrogens with one attached hydrogen (secondary N) is 2. The van der Waals surface area contributed by atoms with Crippen LogP contribution in [-0.2, 0) is 11.8 Å². The molecular formula is C16H19N3O3S. The summed E-state index contributed by atoms with van der Waals surface area (Å²) in [4.78, 5) is 27.3. The van der Waals surface area contributed by atoms with Crippen LogP contribution in [0.4, 0.5) is 0 Å². The Balaban J connectivity index is 1.74. The second-order valence-corrected chi connectivity index (χ2v) is 6.12. The molecule has 1 atom stereocenters. The van der Waals surface area contributed by atoms with Crippen molar-refractivity contribution in [3.8, 4) is 0 Å². The fourth-order valence-corrected chi connectivity index (χ4v) is 2.96. The number of nitrogens with zero attached hydrogens (tertiary/aromatic N) is 1. The predicted octanol–water partition coefficient (Wildman–Crippen LogP) is 1.89. The van der Waals surface area contributed by atoms with E-state index in [2.05, 4.69) is 10.3 Å². The first-order valence-corrected chi connectivity index (χ1v) is 8.10. The fourth-order valence-electron chi connectivity index (χ4n) is 2.77. The first-order valence-electron chi connectivity index (χ1n) is 7.69. The topological polar surface area (TPSA) is 76.1 Å². The quantitative estimate of drug-likeness (QED) is 0.838. The lowest BCUT2D eigenvalue weighted by Crippen LogP contribution is -2.27. The van der Waals surface area contributed by atoms with Crippen LogP contribution in [-0.4, -0.2) is 34.7 Å². The number of aromatic nitrogens is 2. The lowest BCUT2D eigenvalue weighted by Gasteiger charge is -2.10. The molecule has 0 spiro atoms. The third-order valence-electron chi connectivity index (χ3n) is 4.14. The molecular weight excluding hydrogens is 314 g/mol. The van der Waals surface area contributed by atoms with Crippen molar-refractivity contribution in [2.45, 2.75) is 25.4 Å². The molecule has 1 aromatic heterocycles. The van der Waals surface area contributed by atoms with Gasteiger partial charge in [0.1, 0.15) is 0 Å². The van der Waals surface area contributed by atoms with Gasteiger partial charge in [-0.1, -0.05) is 0 Å². The first kappa shape index (κ1) is 15.9. The molecule has 2 aromatic rings. The summed E-state index contributed by atoms with van der Waals surface area (Å²) in [5, 5.41) is 3.40. The smallest absolute Gasteiger partial charge is 0.261 e. The number of carbonyl (C=O) groups is 1. The van der Waals surface area contributed by atoms with E-state index in [0.29, 0.717) is 27.8 Å². The number of aromatic amines is 1. The number of fused-ring (bicyclic) bond motifs is 1. The maximum Gasteiger partial charge on any atom is 0.261 e. The molecule has 1 unspecified atom stereocenters. The molecule has 2 heterocycles. The Morgan fingerprint density at radius 2 is 2.35 bits per heavy atom. The number of amides is 1. The predicted molar refractivity (Wildman–Crippen MR) is 90.3 cm³/mol. The van der Waals surface area contributed by atoms with Gasteiger partial charge in [-0.15, -0.1) is 0 Å². The summed E-state index contributed by atoms with van der Waals surface area (Å²) in [6, 6.07) is 4.97. The summed E-state index contributed by atoms with van der Waals surface area (Å²) in [5.41, 5.74) is 0.905. The van der Waals surface area contributed by atoms with Crippen molar-refractivity contribution in [2.75, 3.05) is 13.2 Å². The van der Waals surface area contributed by atoms with Crippen LogP contribution >= 0.6 is 12.2 Å². The van der Waals surface area contributed by atoms with E-state index in [-0.39, 0.29) is 17.6 Å². The average molecular weight is 333 g/mol. The number of ether oxygens (including phenoxy) is 1. The molecule has 1 saturated heterocycles. The molecule has 1 aromatic carbocycles. The first-order chi connectivity index (χ1) is 11.1. The molecule has 1 aliphatic heterocycles. The normalized spacial score (nSPS) is 17.5. The van der Waals surface area contributed by atoms with Crippen molar-refractivity contribution in [3.63, 3.8) is 0 Å². The lowest BCUT2D eigenvalue weighted by atomic mass is 10.1. The highest BCUT2D eigenvalue weighted by atomic mass is 32.1. The van der Waals surface area contributed by atoms with Gasteiger partial charge in [-0.25, -0.2) is 0 Å². The molecule has 2 N–H and O–H groups in total. The van der Waals surface area contributed by atoms with Gasteiger partial charge in [0.15, 0.2) is 4.77 Å². The van der Waals surface area contributed by atoms with Crippen LogP contribution in [0.15, 0.2) is 23.0 Å². The molecule has 0 saturated carbocycles. The van der Waals surface area contributed by atoms with Crippen LogP contribution in [0, 0.1) is 4.77 Å². The number of benzene rings is 1. The fraction of sp³-hybridized carbons (Fsp3) is 0.438. The maximum atomic E-state index is 12.2. The van der Waals surface area contributed by atoms with Gasteiger partial charge in [-0.05, 0) is 49.7 Å². The Morgan fingerprint density at radius 1 is 1.52 bits per heavy atom. The molecule has 7 heteroatoms. The van der Waals surface area contributed by atoms with Crippen molar-refractivity contribution in [3.05, 3.63) is 38.9 Å². The van der Waals surface area contributed by atoms with Gasteiger partial charge in [0.25, 0.3) is 11.5 Å². The molecule has 122 valence electrons. The summed E-state index contributed by atoms with van der Waals surface area (Å²) in [6.45, 7) is 1.39. The van der Waals surface area contributed by atoms with Crippen LogP contribution in [0.2, 0.25) is 0 Å². The Kier molecular flexibility index (Phi) is 4.58. The van der Waals surface area contributed by atoms with Crippen LogP contribution in [0.1, 0.15) is 29.6 Å². The number of carbonyl (C=O) groups excluding carboxylic acids is 1. The molecule has 0 radical (unpaired) electrons. The zero-order chi connectivity index (χ0) is 16.4. The van der Waals surface area contributed by atoms with Gasteiger partial charge in [-0.2, -0.15) is 0 Å². The van der Waals surface area contributed by atoms with Gasteiger partial charge >= 0.3 is 0 Å². The summed E-state index contributed by atoms with van der Waals surface area (Å²) in [6.07, 6.45) is 3.23. The highest BCUT2D eigenvalue weighted by molar-refractivity contribution is 7.71. The monoisotopic (exact) mass is 333 g/mol. The van der Waals surface area contributed by atoms with Crippen LogP contribution in [0.25, 0.3) is 10.9 Å². The summed E-state index contributed by atoms with van der Waals surface area (Å²) in [5.74, 6) is -0.162. The van der Waals surface area contributed by atoms with E-state index in [9.17, 15) is 9.59 Å². The van der Waals surface area contributed by atoms with Gasteiger partial charge in [0.05, 0.1) is 17.0 Å². The lowest BCUT2D eigenvalue weighted by molar-refractivity contribution is 0.0907. The second kappa shape index (κ2) is 6.64. The molecule has 3 rings (SSSR count). The second-order valence-electron chi connectivity index (χ2n) is 5.73. The molecule has 6 nitrogen and oxygen atoms in total. The van der Waals surface area contributed by atoms with E-state index in [1.807, 2.05) is 0 Å². The standard InChI is InChI=1S/C16H19N3O3S/c1-19-15(21)12-5-4-10(9-13(12)18-16(19)23)14(20)17-7-6-11-3-2-8-22-11/h4-5,9,11H,2-3,6-8H2,1H3,(H,17,20)(H,18,23). The number of hydrogen-bond donors (Lipinski definition) is 2. The minimum absolute atomic E-state index is 0.162. The van der Waals surface area contributed by atoms with E-state index in [1.54, 1.807) is 25.2 Å². The zero-order valence-electron chi connectivity index (χ0n) is 12.9. The molecule has 23 heavy (non-hydrogen) atoms. The van der Waals surface area contributed by atoms with Crippen molar-refractivity contribution in [2.24, 2.45) is 7.05 Å². The Bertz CT molecular complexity index is 850. The zero-order valence-corrected chi connectivity index (χ0v) is 13.7. The van der Waals surface area contributed by atoms with E-state index < -0.39 is 0 Å². The van der Waals surface area contributed by atoms with Crippen molar-refractivity contribution >= 4 is 29.0 Å². The Morgan fingerprint density at radius 3 is 3.09 bits per heavy atom. The summed E-state index contributed by atoms with van der Waals surface area (Å²) >= 11 is 5.10. The Labute approximate surface area is 138 Å². The summed E-state index contributed by atoms with van der Waals surface area (Å²) < 4.78 is 7.24. The van der Waals surface area contributed by atoms with Crippen molar-refractivity contribution < 1.29 is 9.53 Å². The summed E-state index contributed by atoms with van der Waals surface area (Å²) in [7, 11) is 1.62. The van der Waals surface area contributed by atoms with Crippen molar-refractivity contribution in [1.29, 1.82) is 0 Å². The molecule has 1 amide bonds. The number of H-pyrrole nitrogens is 1. The van der Waals surface area contributed by atoms with Crippen LogP contribution in [0.5, 0.6) is 0 Å². The Hall–Kier alpha value is -1.99. The van der Waals surface area contributed by atoms with Gasteiger partial charge < -0.3 is 15.0 Å². The average Bonchev–Trinajstić information content (AvgIpc) is 3.05. The third kappa shape index (κ3) is 3.35. The molecule has 1 aliphatic rings. The van der Waals surface area contributed by atoms with Gasteiger partial charge in [0, 0.05) is 25.8 Å². The molecule has 0 bridgehead atoms. The third-order valence-corrected chi connectivity index (χ3v) is 4.51. The van der Waals surface area contributed by atoms with E-state index >= 15 is 0 Å². The minimum Gasteiger partial charge on any atom is -0.378 e. The highest BCUT2D eigenvalue weighted by Gasteiger charge is 2.15. The highest BCUT2D eigenvalue weighted by Crippen LogP contribution is 2.15. The maximum absolute atomic E-state index is 12.2. The SMILES string of the molecule is Cn1c(=S)[nH]c2cc(C(=O)NCCC3CCCO3)ccc2c1=O. The van der Waals surface area contributed by atoms with Crippen LogP contribution < -0.4 is 10.9 Å². The minimum atomic E-state index is -0.172. The molecule has 0 aliphatic carbocycles. The van der Waals surface area contributed by atoms with E-state index in [0.717, 1.165) is 25.9 Å². The van der Waals surface area contributed by atoms with Crippen LogP contribution in [0.3, 0.4) is 0 Å². The molecule has 1 fully saturated rings. The van der Waals surface area contributed by atoms with E-state index in [1.165, 1.54) is 4.57 Å². The van der Waals surface area contributed by atoms with E-state index in [4.69, 9.17) is 17.0 Å². The number of hydrogen-bond acceptors (Lipinski definition) is 4. The van der Waals surface area contributed by atoms with Gasteiger partial charge in [-0.3, -0.25) is 14.2 Å². The largest absolute Gasteiger partial charge is 0.378 e. The number of rotatable bonds is 4. The van der Waals surface area contributed by atoms with Gasteiger partial charge in [0.2, 0.25) is 0 Å². The van der Waals surface area contributed by atoms with Crippen molar-refractivity contribution in [1.82, 2.24) is 14.9 Å².